The van der Waals surface area contributed by atoms with E-state index in [1.807, 2.05) is 12.1 Å². The summed E-state index contributed by atoms with van der Waals surface area (Å²) in [4.78, 5) is 4.05. The van der Waals surface area contributed by atoms with E-state index < -0.39 is 0 Å². The first kappa shape index (κ1) is 8.25. The van der Waals surface area contributed by atoms with Crippen LogP contribution in [0.4, 0.5) is 5.69 Å². The molecule has 0 aliphatic rings. The van der Waals surface area contributed by atoms with Crippen molar-refractivity contribution in [3.05, 3.63) is 29.1 Å². The van der Waals surface area contributed by atoms with Crippen molar-refractivity contribution in [1.82, 2.24) is 10.1 Å². The fraction of sp³-hybridized carbons (Fsp3) is 0. The van der Waals surface area contributed by atoms with E-state index in [0.29, 0.717) is 11.4 Å². The molecule has 0 aliphatic carbocycles. The van der Waals surface area contributed by atoms with Crippen molar-refractivity contribution in [2.45, 2.75) is 0 Å². The van der Waals surface area contributed by atoms with Crippen molar-refractivity contribution in [3.8, 4) is 11.3 Å². The second-order valence-electron chi connectivity index (χ2n) is 2.48. The molecular formula is C8H6BrN3O. The van der Waals surface area contributed by atoms with Crippen LogP contribution >= 0.6 is 15.9 Å². The van der Waals surface area contributed by atoms with Crippen LogP contribution in [-0.4, -0.2) is 10.1 Å². The summed E-state index contributed by atoms with van der Waals surface area (Å²) >= 11 is 3.24. The van der Waals surface area contributed by atoms with E-state index in [4.69, 9.17) is 10.3 Å². The Balaban J connectivity index is 2.47. The molecule has 0 saturated heterocycles. The van der Waals surface area contributed by atoms with Crippen LogP contribution in [0.25, 0.3) is 11.3 Å². The van der Waals surface area contributed by atoms with E-state index in [1.165, 1.54) is 6.20 Å². The number of anilines is 1. The fourth-order valence-electron chi connectivity index (χ4n) is 0.977. The molecule has 0 spiro atoms. The van der Waals surface area contributed by atoms with Gasteiger partial charge >= 0.3 is 0 Å². The fourth-order valence-corrected chi connectivity index (χ4v) is 1.21. The average molecular weight is 240 g/mol. The lowest BCUT2D eigenvalue weighted by Gasteiger charge is -1.95. The molecular weight excluding hydrogens is 234 g/mol. The summed E-state index contributed by atoms with van der Waals surface area (Å²) in [5, 5.41) is 3.58. The molecule has 2 aromatic heterocycles. The van der Waals surface area contributed by atoms with Gasteiger partial charge in [-0.15, -0.1) is 0 Å². The van der Waals surface area contributed by atoms with Crippen LogP contribution < -0.4 is 5.73 Å². The molecule has 0 amide bonds. The van der Waals surface area contributed by atoms with Gasteiger partial charge in [0.25, 0.3) is 0 Å². The molecule has 0 aromatic carbocycles. The lowest BCUT2D eigenvalue weighted by atomic mass is 10.2. The third kappa shape index (κ3) is 1.55. The maximum absolute atomic E-state index is 5.61. The Morgan fingerprint density at radius 1 is 1.31 bits per heavy atom. The zero-order valence-corrected chi connectivity index (χ0v) is 8.15. The number of aromatic nitrogens is 2. The molecule has 2 rings (SSSR count). The third-order valence-corrected chi connectivity index (χ3v) is 2.06. The average Bonchev–Trinajstić information content (AvgIpc) is 2.53. The minimum absolute atomic E-state index is 0.518. The number of nitrogens with two attached hydrogens (primary N) is 1. The van der Waals surface area contributed by atoms with Gasteiger partial charge in [0, 0.05) is 11.8 Å². The molecule has 2 heterocycles. The first-order chi connectivity index (χ1) is 6.27. The van der Waals surface area contributed by atoms with Crippen LogP contribution in [0, 0.1) is 0 Å². The lowest BCUT2D eigenvalue weighted by Crippen LogP contribution is -1.85. The summed E-state index contributed by atoms with van der Waals surface area (Å²) in [5.74, 6) is 0.556. The molecule has 0 saturated carbocycles. The molecule has 0 atom stereocenters. The van der Waals surface area contributed by atoms with Gasteiger partial charge in [0.1, 0.15) is 10.3 Å². The lowest BCUT2D eigenvalue weighted by molar-refractivity contribution is 0.432. The van der Waals surface area contributed by atoms with Gasteiger partial charge in [0.05, 0.1) is 6.20 Å². The number of pyridine rings is 1. The molecule has 0 radical (unpaired) electrons. The molecule has 0 unspecified atom stereocenters. The van der Waals surface area contributed by atoms with E-state index in [9.17, 15) is 0 Å². The zero-order chi connectivity index (χ0) is 9.26. The van der Waals surface area contributed by atoms with E-state index >= 15 is 0 Å². The Morgan fingerprint density at radius 2 is 2.15 bits per heavy atom. The molecule has 2 aromatic rings. The van der Waals surface area contributed by atoms with Gasteiger partial charge in [0.15, 0.2) is 5.76 Å². The van der Waals surface area contributed by atoms with Crippen molar-refractivity contribution in [2.75, 3.05) is 5.73 Å². The van der Waals surface area contributed by atoms with E-state index in [2.05, 4.69) is 26.1 Å². The predicted molar refractivity (Wildman–Crippen MR) is 51.8 cm³/mol. The number of rotatable bonds is 1. The Bertz CT molecular complexity index is 410. The van der Waals surface area contributed by atoms with Gasteiger partial charge in [-0.1, -0.05) is 5.16 Å². The maximum Gasteiger partial charge on any atom is 0.191 e. The van der Waals surface area contributed by atoms with Crippen LogP contribution in [0.5, 0.6) is 0 Å². The third-order valence-electron chi connectivity index (χ3n) is 1.59. The second kappa shape index (κ2) is 3.18. The van der Waals surface area contributed by atoms with Crippen molar-refractivity contribution in [3.63, 3.8) is 0 Å². The van der Waals surface area contributed by atoms with Gasteiger partial charge in [-0.05, 0) is 28.1 Å². The SMILES string of the molecule is Nc1cnoc1-c1ccc(Br)nc1. The molecule has 0 fully saturated rings. The maximum atomic E-state index is 5.61. The van der Waals surface area contributed by atoms with Crippen LogP contribution in [0.3, 0.4) is 0 Å². The summed E-state index contributed by atoms with van der Waals surface area (Å²) in [7, 11) is 0. The molecule has 0 aliphatic heterocycles. The van der Waals surface area contributed by atoms with E-state index in [0.717, 1.165) is 10.2 Å². The van der Waals surface area contributed by atoms with Crippen LogP contribution in [0.1, 0.15) is 0 Å². The van der Waals surface area contributed by atoms with Gasteiger partial charge in [-0.3, -0.25) is 0 Å². The second-order valence-corrected chi connectivity index (χ2v) is 3.29. The normalized spacial score (nSPS) is 10.2. The first-order valence-electron chi connectivity index (χ1n) is 3.59. The van der Waals surface area contributed by atoms with Gasteiger partial charge in [-0.2, -0.15) is 0 Å². The summed E-state index contributed by atoms with van der Waals surface area (Å²) in [5.41, 5.74) is 6.95. The summed E-state index contributed by atoms with van der Waals surface area (Å²) in [6.07, 6.45) is 3.14. The highest BCUT2D eigenvalue weighted by Crippen LogP contribution is 2.24. The molecule has 13 heavy (non-hydrogen) atoms. The van der Waals surface area contributed by atoms with E-state index in [-0.39, 0.29) is 0 Å². The largest absolute Gasteiger partial charge is 0.394 e. The molecule has 4 nitrogen and oxygen atoms in total. The summed E-state index contributed by atoms with van der Waals surface area (Å²) in [6, 6.07) is 3.67. The monoisotopic (exact) mass is 239 g/mol. The number of halogens is 1. The minimum Gasteiger partial charge on any atom is -0.394 e. The highest BCUT2D eigenvalue weighted by Gasteiger charge is 2.07. The Hall–Kier alpha value is -1.36. The predicted octanol–water partition coefficient (Wildman–Crippen LogP) is 2.08. The summed E-state index contributed by atoms with van der Waals surface area (Å²) < 4.78 is 5.73. The van der Waals surface area contributed by atoms with Crippen molar-refractivity contribution in [1.29, 1.82) is 0 Å². The van der Waals surface area contributed by atoms with Crippen molar-refractivity contribution in [2.24, 2.45) is 0 Å². The molecule has 2 N–H and O–H groups in total. The Labute approximate surface area is 82.9 Å². The van der Waals surface area contributed by atoms with E-state index in [1.54, 1.807) is 6.20 Å². The smallest absolute Gasteiger partial charge is 0.191 e. The van der Waals surface area contributed by atoms with Gasteiger partial charge < -0.3 is 10.3 Å². The zero-order valence-electron chi connectivity index (χ0n) is 6.57. The topological polar surface area (TPSA) is 64.9 Å². The quantitative estimate of drug-likeness (QED) is 0.775. The van der Waals surface area contributed by atoms with Crippen LogP contribution in [-0.2, 0) is 0 Å². The number of hydrogen-bond acceptors (Lipinski definition) is 4. The molecule has 0 bridgehead atoms. The number of nitrogens with zero attached hydrogens (tertiary/aromatic N) is 2. The Morgan fingerprint density at radius 3 is 2.69 bits per heavy atom. The Kier molecular flexibility index (Phi) is 2.02. The minimum atomic E-state index is 0.518. The summed E-state index contributed by atoms with van der Waals surface area (Å²) in [6.45, 7) is 0. The molecule has 5 heteroatoms. The van der Waals surface area contributed by atoms with Crippen molar-refractivity contribution < 1.29 is 4.52 Å². The van der Waals surface area contributed by atoms with Crippen molar-refractivity contribution >= 4 is 21.6 Å². The standard InChI is InChI=1S/C8H6BrN3O/c9-7-2-1-5(3-11-7)8-6(10)4-12-13-8/h1-4H,10H2. The number of nitrogen functional groups attached to an aromatic ring is 1. The first-order valence-corrected chi connectivity index (χ1v) is 4.39. The highest BCUT2D eigenvalue weighted by atomic mass is 79.9. The van der Waals surface area contributed by atoms with Crippen LogP contribution in [0.15, 0.2) is 33.7 Å². The number of hydrogen-bond donors (Lipinski definition) is 1. The van der Waals surface area contributed by atoms with Crippen LogP contribution in [0.2, 0.25) is 0 Å². The van der Waals surface area contributed by atoms with Gasteiger partial charge in [-0.25, -0.2) is 4.98 Å². The van der Waals surface area contributed by atoms with Gasteiger partial charge in [0.2, 0.25) is 0 Å². The highest BCUT2D eigenvalue weighted by molar-refractivity contribution is 9.10. The molecule has 66 valence electrons.